The number of ether oxygens (including phenoxy) is 2. The molecule has 144 heavy (non-hydrogen) atoms. The zero-order chi connectivity index (χ0) is 104. The summed E-state index contributed by atoms with van der Waals surface area (Å²) in [5, 5.41) is 23.5. The predicted octanol–water partition coefficient (Wildman–Crippen LogP) is 14.3. The van der Waals surface area contributed by atoms with Gasteiger partial charge in [-0.05, 0) is 267 Å². The Kier molecular flexibility index (Phi) is 47.0. The number of likely N-dealkylation sites (tertiary alicyclic amines) is 4. The Morgan fingerprint density at radius 3 is 0.944 bits per heavy atom. The molecule has 0 radical (unpaired) electrons. The van der Waals surface area contributed by atoms with Gasteiger partial charge in [-0.2, -0.15) is 0 Å². The number of carbonyl (C=O) groups is 6. The van der Waals surface area contributed by atoms with E-state index >= 15 is 0 Å². The molecule has 0 spiro atoms. The molecule has 11 N–H and O–H groups in total. The molecule has 14 rings (SSSR count). The summed E-state index contributed by atoms with van der Waals surface area (Å²) in [5.74, 6) is -3.42. The van der Waals surface area contributed by atoms with E-state index < -0.39 is 65.0 Å². The van der Waals surface area contributed by atoms with Gasteiger partial charge in [0.05, 0.1) is 26.2 Å². The van der Waals surface area contributed by atoms with Gasteiger partial charge in [-0.25, -0.2) is 57.5 Å². The molecule has 4 unspecified atom stereocenters. The van der Waals surface area contributed by atoms with Crippen LogP contribution >= 0.6 is 10.7 Å². The van der Waals surface area contributed by atoms with Crippen molar-refractivity contribution in [2.24, 2.45) is 11.5 Å². The minimum atomic E-state index is -3.95. The van der Waals surface area contributed by atoms with Gasteiger partial charge in [0, 0.05) is 180 Å². The summed E-state index contributed by atoms with van der Waals surface area (Å²) in [4.78, 5) is 95.6. The molecule has 0 bridgehead atoms. The van der Waals surface area contributed by atoms with Crippen molar-refractivity contribution in [1.82, 2.24) is 70.8 Å². The van der Waals surface area contributed by atoms with Crippen molar-refractivity contribution in [2.45, 2.75) is 187 Å². The molecule has 0 aliphatic carbocycles. The standard InChI is InChI=1S/C27H30F2N4O3S.C26H35FN4O3.C21H27FN4O.C14H15FN2.C12H22N2O4.C6H4ClFO2S/c28-23-9-7-21(8-10-23)22(16-20-4-3-13-30-17-20)18-31-27(34)19-33-14-11-24(12-15-33)32-37(35,36)26-6-2-1-5-25(26)29;1-26(2,3)34-25(33)30-23-10-13-31(14-11-23)18-24(32)29-17-21(15-19-5-4-12-28-16-19)20-6-8-22(27)9-7-20;22-19-5-3-17(4-6-19)18(12-16-2-1-9-24-13-16)14-25-21(27)15-26-10-7-20(23)8-11-26;15-14-5-3-12(4-6-14)13(9-16)8-11-2-1-7-17-10-11;1-12(2,3)18-11(17)13-9-4-6-14(7-5-9)8-10(15)16;7-11(9,10)6-4-2-1-3-5(6)8/h1-10,13,17,22,24,32H,11-12,14-16,18-19H2,(H,31,34);4-9,12,16,21,23H,10-11,13-15,17-18H2,1-3H3,(H,29,32)(H,30,33);1-6,9,13,18,20H,7-8,10-12,14-15,23H2,(H,25,27);1-7,10,13H,8-9,16H2;9H,4-8H2,1-3H3,(H,13,17)(H,15,16);1-4H. The fourth-order valence-electron chi connectivity index (χ4n) is 16.4. The number of piperidine rings is 4. The van der Waals surface area contributed by atoms with Crippen LogP contribution in [0.5, 0.6) is 0 Å². The Labute approximate surface area is 844 Å². The summed E-state index contributed by atoms with van der Waals surface area (Å²) in [5.41, 5.74) is 19.0. The third-order valence-electron chi connectivity index (χ3n) is 24.0. The maximum absolute atomic E-state index is 13.9. The van der Waals surface area contributed by atoms with E-state index in [0.29, 0.717) is 91.1 Å². The second-order valence-electron chi connectivity index (χ2n) is 37.8. The van der Waals surface area contributed by atoms with Crippen molar-refractivity contribution in [3.8, 4) is 0 Å². The molecular weight excluding hydrogens is 1920 g/mol. The normalized spacial score (nSPS) is 15.6. The number of sulfonamides is 1. The number of halogens is 7. The highest BCUT2D eigenvalue weighted by Crippen LogP contribution is 2.28. The molecule has 776 valence electrons. The van der Waals surface area contributed by atoms with Crippen LogP contribution < -0.4 is 42.8 Å². The number of amides is 5. The highest BCUT2D eigenvalue weighted by Gasteiger charge is 2.32. The smallest absolute Gasteiger partial charge is 0.407 e. The summed E-state index contributed by atoms with van der Waals surface area (Å²) in [6.45, 7) is 19.5. The summed E-state index contributed by atoms with van der Waals surface area (Å²) >= 11 is 0. The van der Waals surface area contributed by atoms with E-state index in [4.69, 9.17) is 36.7 Å². The van der Waals surface area contributed by atoms with Crippen molar-refractivity contribution in [1.29, 1.82) is 0 Å². The van der Waals surface area contributed by atoms with Crippen molar-refractivity contribution in [3.05, 3.63) is 323 Å². The fraction of sp³-hybridized carbons (Fsp3) is 0.415. The molecule has 4 aliphatic rings. The molecule has 0 saturated carbocycles. The zero-order valence-electron chi connectivity index (χ0n) is 82.1. The SMILES string of the molecule is CC(C)(C)OC(=O)NC1CCN(CC(=O)NCC(Cc2cccnc2)c2ccc(F)cc2)CC1.CC(C)(C)OC(=O)NC1CCN(CC(=O)O)CC1.NC1CCN(CC(=O)NCC(Cc2cccnc2)c2ccc(F)cc2)CC1.NCC(Cc1cccnc1)c1ccc(F)cc1.O=C(CN1CCC(NS(=O)(=O)c2ccccc2F)CC1)NCC(Cc1cccnc1)c1ccc(F)cc1.O=S(=O)(Cl)c1ccccc1F. The molecule has 4 fully saturated rings. The molecule has 4 aliphatic heterocycles. The third kappa shape index (κ3) is 43.8. The van der Waals surface area contributed by atoms with Gasteiger partial charge in [-0.3, -0.25) is 58.7 Å². The van der Waals surface area contributed by atoms with E-state index in [9.17, 15) is 71.9 Å². The first-order valence-electron chi connectivity index (χ1n) is 48.0. The topological polar surface area (TPSA) is 398 Å². The highest BCUT2D eigenvalue weighted by atomic mass is 35.7. The lowest BCUT2D eigenvalue weighted by atomic mass is 9.92. The second kappa shape index (κ2) is 58.7. The molecule has 4 saturated heterocycles. The number of aliphatic carboxylic acids is 1. The van der Waals surface area contributed by atoms with Gasteiger partial charge < -0.3 is 52.6 Å². The van der Waals surface area contributed by atoms with Gasteiger partial charge in [-0.1, -0.05) is 97.1 Å². The number of alkyl carbamates (subject to hydrolysis) is 2. The predicted molar refractivity (Wildman–Crippen MR) is 541 cm³/mol. The van der Waals surface area contributed by atoms with Crippen LogP contribution in [0.15, 0.2) is 253 Å². The lowest BCUT2D eigenvalue weighted by molar-refractivity contribution is -0.138. The van der Waals surface area contributed by atoms with E-state index in [1.165, 1.54) is 78.9 Å². The lowest BCUT2D eigenvalue weighted by Crippen LogP contribution is -2.48. The molecule has 6 aromatic carbocycles. The Morgan fingerprint density at radius 2 is 0.674 bits per heavy atom. The molecule has 4 aromatic heterocycles. The number of benzene rings is 6. The fourth-order valence-corrected chi connectivity index (χ4v) is 18.7. The third-order valence-corrected chi connectivity index (χ3v) is 26.9. The van der Waals surface area contributed by atoms with Crippen LogP contribution in [0.4, 0.5) is 35.9 Å². The molecule has 29 nitrogen and oxygen atoms in total. The molecule has 38 heteroatoms. The molecular formula is C106H133ClF6N16O13S2. The van der Waals surface area contributed by atoms with Crippen LogP contribution in [0.2, 0.25) is 0 Å². The Hall–Kier alpha value is -12.2. The highest BCUT2D eigenvalue weighted by molar-refractivity contribution is 8.13. The van der Waals surface area contributed by atoms with Crippen LogP contribution in [0.3, 0.4) is 0 Å². The zero-order valence-corrected chi connectivity index (χ0v) is 84.4. The molecule has 4 atom stereocenters. The first-order chi connectivity index (χ1) is 68.6. The van der Waals surface area contributed by atoms with E-state index in [2.05, 4.69) is 61.0 Å². The monoisotopic (exact) mass is 2050 g/mol. The minimum absolute atomic E-state index is 0.0116. The first-order valence-corrected chi connectivity index (χ1v) is 51.8. The maximum Gasteiger partial charge on any atom is 0.407 e. The van der Waals surface area contributed by atoms with Crippen molar-refractivity contribution in [2.75, 3.05) is 105 Å². The number of nitrogens with zero attached hydrogens (tertiary/aromatic N) is 8. The Morgan fingerprint density at radius 1 is 0.396 bits per heavy atom. The number of hydrogen-bond acceptors (Lipinski definition) is 22. The summed E-state index contributed by atoms with van der Waals surface area (Å²) < 4.78 is 139. The summed E-state index contributed by atoms with van der Waals surface area (Å²) in [6.07, 6.45) is 22.2. The van der Waals surface area contributed by atoms with Gasteiger partial charge in [0.15, 0.2) is 0 Å². The van der Waals surface area contributed by atoms with Crippen molar-refractivity contribution in [3.63, 3.8) is 0 Å². The van der Waals surface area contributed by atoms with E-state index in [1.807, 2.05) is 118 Å². The van der Waals surface area contributed by atoms with Crippen LogP contribution in [0.25, 0.3) is 0 Å². The van der Waals surface area contributed by atoms with Crippen LogP contribution in [0.1, 0.15) is 161 Å². The van der Waals surface area contributed by atoms with Crippen molar-refractivity contribution >= 4 is 65.6 Å². The largest absolute Gasteiger partial charge is 0.480 e. The Bertz CT molecular complexity index is 5810. The van der Waals surface area contributed by atoms with Gasteiger partial charge in [0.2, 0.25) is 27.7 Å². The van der Waals surface area contributed by atoms with E-state index in [1.54, 1.807) is 79.5 Å². The summed E-state index contributed by atoms with van der Waals surface area (Å²) in [7, 11) is -3.00. The van der Waals surface area contributed by atoms with Gasteiger partial charge in [0.25, 0.3) is 9.05 Å². The minimum Gasteiger partial charge on any atom is -0.480 e. The van der Waals surface area contributed by atoms with Crippen LogP contribution in [0, 0.1) is 34.9 Å². The summed E-state index contributed by atoms with van der Waals surface area (Å²) in [6, 6.07) is 51.6. The number of carbonyl (C=O) groups excluding carboxylic acids is 5. The van der Waals surface area contributed by atoms with Gasteiger partial charge >= 0.3 is 18.2 Å². The second-order valence-corrected chi connectivity index (χ2v) is 42.0. The molecule has 5 amide bonds. The van der Waals surface area contributed by atoms with Gasteiger partial charge in [0.1, 0.15) is 55.9 Å². The number of hydrogen-bond donors (Lipinski definition) is 9. The van der Waals surface area contributed by atoms with E-state index in [-0.39, 0.29) is 107 Å². The Balaban J connectivity index is 0.000000200. The maximum atomic E-state index is 13.9. The first kappa shape index (κ1) is 115. The quantitative estimate of drug-likeness (QED) is 0.0136. The van der Waals surface area contributed by atoms with Crippen molar-refractivity contribution < 1.29 is 86.5 Å². The number of carboxylic acid groups (broad SMARTS) is 1. The number of pyridine rings is 4. The number of aromatic nitrogens is 4. The van der Waals surface area contributed by atoms with Gasteiger partial charge in [-0.15, -0.1) is 0 Å². The number of carboxylic acids is 1. The number of rotatable bonds is 33. The molecule has 10 aromatic rings. The average molecular weight is 2050 g/mol. The average Bonchev–Trinajstić information content (AvgIpc) is 0.807. The molecule has 8 heterocycles. The van der Waals surface area contributed by atoms with E-state index in [0.717, 1.165) is 140 Å². The lowest BCUT2D eigenvalue weighted by Gasteiger charge is -2.32. The van der Waals surface area contributed by atoms with Crippen LogP contribution in [-0.2, 0) is 73.4 Å². The number of nitrogens with one attached hydrogen (secondary N) is 6. The number of nitrogens with two attached hydrogens (primary N) is 2. The van der Waals surface area contributed by atoms with Crippen LogP contribution in [-0.4, -0.2) is 237 Å².